The Labute approximate surface area is 99.5 Å². The first-order valence-corrected chi connectivity index (χ1v) is 5.55. The fourth-order valence-corrected chi connectivity index (χ4v) is 2.27. The second-order valence-corrected chi connectivity index (χ2v) is 3.99. The van der Waals surface area contributed by atoms with Gasteiger partial charge in [0.1, 0.15) is 6.17 Å². The summed E-state index contributed by atoms with van der Waals surface area (Å²) < 4.78 is 0. The van der Waals surface area contributed by atoms with Gasteiger partial charge in [-0.2, -0.15) is 0 Å². The third kappa shape index (κ3) is 1.56. The number of hydrogen-bond donors (Lipinski definition) is 2. The summed E-state index contributed by atoms with van der Waals surface area (Å²) in [6, 6.07) is 16.2. The van der Waals surface area contributed by atoms with E-state index in [1.165, 1.54) is 11.1 Å². The van der Waals surface area contributed by atoms with E-state index in [9.17, 15) is 4.79 Å². The summed E-state index contributed by atoms with van der Waals surface area (Å²) in [4.78, 5) is 10.6. The Morgan fingerprint density at radius 2 is 1.71 bits per heavy atom. The highest BCUT2D eigenvalue weighted by Crippen LogP contribution is 2.38. The quantitative estimate of drug-likeness (QED) is 0.769. The molecule has 3 nitrogen and oxygen atoms in total. The highest BCUT2D eigenvalue weighted by Gasteiger charge is 2.22. The van der Waals surface area contributed by atoms with Crippen LogP contribution in [0.3, 0.4) is 0 Å². The monoisotopic (exact) mass is 224 g/mol. The lowest BCUT2D eigenvalue weighted by atomic mass is 9.93. The zero-order valence-corrected chi connectivity index (χ0v) is 9.18. The zero-order valence-electron chi connectivity index (χ0n) is 9.18. The molecular formula is C14H12N2O. The first-order chi connectivity index (χ1) is 8.40. The third-order valence-corrected chi connectivity index (χ3v) is 3.02. The van der Waals surface area contributed by atoms with Crippen LogP contribution in [-0.2, 0) is 4.79 Å². The standard InChI is InChI=1S/C14H12N2O/c17-9-15-14-12-7-2-1-5-10(12)11-6-3-4-8-13(11)16-14/h1-9,14,16H,(H,15,17). The van der Waals surface area contributed by atoms with Crippen molar-refractivity contribution >= 4 is 12.1 Å². The van der Waals surface area contributed by atoms with Gasteiger partial charge >= 0.3 is 0 Å². The molecule has 0 radical (unpaired) electrons. The molecule has 3 heteroatoms. The van der Waals surface area contributed by atoms with Crippen molar-refractivity contribution in [2.45, 2.75) is 6.17 Å². The molecule has 0 saturated carbocycles. The molecule has 2 N–H and O–H groups in total. The number of nitrogens with one attached hydrogen (secondary N) is 2. The summed E-state index contributed by atoms with van der Waals surface area (Å²) in [5, 5.41) is 6.10. The molecule has 2 aromatic carbocycles. The highest BCUT2D eigenvalue weighted by atomic mass is 16.1. The number of carbonyl (C=O) groups excluding carboxylic acids is 1. The molecular weight excluding hydrogens is 212 g/mol. The molecule has 1 heterocycles. The minimum absolute atomic E-state index is 0.154. The van der Waals surface area contributed by atoms with Crippen LogP contribution in [0.4, 0.5) is 5.69 Å². The zero-order chi connectivity index (χ0) is 11.7. The van der Waals surface area contributed by atoms with Crippen LogP contribution >= 0.6 is 0 Å². The van der Waals surface area contributed by atoms with E-state index in [0.29, 0.717) is 0 Å². The second kappa shape index (κ2) is 3.94. The Hall–Kier alpha value is -2.29. The van der Waals surface area contributed by atoms with Crippen molar-refractivity contribution in [2.75, 3.05) is 5.32 Å². The Balaban J connectivity index is 2.19. The Morgan fingerprint density at radius 1 is 1.00 bits per heavy atom. The lowest BCUT2D eigenvalue weighted by molar-refractivity contribution is -0.110. The Morgan fingerprint density at radius 3 is 2.53 bits per heavy atom. The van der Waals surface area contributed by atoms with Crippen LogP contribution in [0.5, 0.6) is 0 Å². The van der Waals surface area contributed by atoms with Crippen molar-refractivity contribution in [3.63, 3.8) is 0 Å². The molecule has 1 aliphatic rings. The minimum atomic E-state index is -0.154. The SMILES string of the molecule is O=CNC1Nc2ccccc2-c2ccccc21. The van der Waals surface area contributed by atoms with Crippen LogP contribution < -0.4 is 10.6 Å². The number of carbonyl (C=O) groups is 1. The van der Waals surface area contributed by atoms with E-state index in [2.05, 4.69) is 22.8 Å². The van der Waals surface area contributed by atoms with E-state index < -0.39 is 0 Å². The van der Waals surface area contributed by atoms with Gasteiger partial charge in [0.2, 0.25) is 6.41 Å². The van der Waals surface area contributed by atoms with E-state index in [4.69, 9.17) is 0 Å². The van der Waals surface area contributed by atoms with Gasteiger partial charge in [-0.15, -0.1) is 0 Å². The molecule has 0 spiro atoms. The summed E-state index contributed by atoms with van der Waals surface area (Å²) in [5.74, 6) is 0. The molecule has 84 valence electrons. The third-order valence-electron chi connectivity index (χ3n) is 3.02. The maximum atomic E-state index is 10.6. The summed E-state index contributed by atoms with van der Waals surface area (Å²) in [7, 11) is 0. The molecule has 1 aliphatic heterocycles. The van der Waals surface area contributed by atoms with Crippen molar-refractivity contribution in [3.8, 4) is 11.1 Å². The predicted molar refractivity (Wildman–Crippen MR) is 67.4 cm³/mol. The van der Waals surface area contributed by atoms with Gasteiger partial charge in [-0.1, -0.05) is 42.5 Å². The maximum Gasteiger partial charge on any atom is 0.208 e. The van der Waals surface area contributed by atoms with Gasteiger partial charge in [0.05, 0.1) is 0 Å². The molecule has 1 amide bonds. The second-order valence-electron chi connectivity index (χ2n) is 3.99. The Bertz CT molecular complexity index is 566. The lowest BCUT2D eigenvalue weighted by Gasteiger charge is -2.29. The first kappa shape index (κ1) is 9.90. The normalized spacial score (nSPS) is 16.4. The van der Waals surface area contributed by atoms with E-state index in [1.807, 2.05) is 36.4 Å². The Kier molecular flexibility index (Phi) is 2.29. The molecule has 17 heavy (non-hydrogen) atoms. The molecule has 0 bridgehead atoms. The topological polar surface area (TPSA) is 41.1 Å². The molecule has 1 atom stereocenters. The van der Waals surface area contributed by atoms with E-state index in [1.54, 1.807) is 0 Å². The van der Waals surface area contributed by atoms with Crippen LogP contribution in [0.2, 0.25) is 0 Å². The lowest BCUT2D eigenvalue weighted by Crippen LogP contribution is -2.29. The number of para-hydroxylation sites is 1. The van der Waals surface area contributed by atoms with Crippen molar-refractivity contribution in [1.29, 1.82) is 0 Å². The van der Waals surface area contributed by atoms with Gasteiger partial charge < -0.3 is 10.6 Å². The molecule has 0 aliphatic carbocycles. The van der Waals surface area contributed by atoms with Crippen LogP contribution in [0, 0.1) is 0 Å². The number of amides is 1. The number of rotatable bonds is 2. The smallest absolute Gasteiger partial charge is 0.208 e. The molecule has 0 fully saturated rings. The van der Waals surface area contributed by atoms with Crippen LogP contribution in [0.25, 0.3) is 11.1 Å². The van der Waals surface area contributed by atoms with Gasteiger partial charge in [-0.25, -0.2) is 0 Å². The van der Waals surface area contributed by atoms with Gasteiger partial charge in [0, 0.05) is 16.8 Å². The summed E-state index contributed by atoms with van der Waals surface area (Å²) in [6.45, 7) is 0. The van der Waals surface area contributed by atoms with Crippen molar-refractivity contribution in [2.24, 2.45) is 0 Å². The van der Waals surface area contributed by atoms with E-state index in [0.717, 1.165) is 17.7 Å². The van der Waals surface area contributed by atoms with Crippen LogP contribution in [-0.4, -0.2) is 6.41 Å². The number of hydrogen-bond acceptors (Lipinski definition) is 2. The van der Waals surface area contributed by atoms with Gasteiger partial charge in [0.25, 0.3) is 0 Å². The molecule has 0 saturated heterocycles. The highest BCUT2D eigenvalue weighted by molar-refractivity contribution is 5.84. The molecule has 1 unspecified atom stereocenters. The van der Waals surface area contributed by atoms with Crippen molar-refractivity contribution in [1.82, 2.24) is 5.32 Å². The van der Waals surface area contributed by atoms with Gasteiger partial charge in [-0.3, -0.25) is 4.79 Å². The maximum absolute atomic E-state index is 10.6. The summed E-state index contributed by atoms with van der Waals surface area (Å²) >= 11 is 0. The average Bonchev–Trinajstić information content (AvgIpc) is 2.39. The van der Waals surface area contributed by atoms with Crippen molar-refractivity contribution in [3.05, 3.63) is 54.1 Å². The molecule has 3 rings (SSSR count). The van der Waals surface area contributed by atoms with Crippen molar-refractivity contribution < 1.29 is 4.79 Å². The largest absolute Gasteiger partial charge is 0.361 e. The molecule has 2 aromatic rings. The van der Waals surface area contributed by atoms with Crippen LogP contribution in [0.15, 0.2) is 48.5 Å². The summed E-state index contributed by atoms with van der Waals surface area (Å²) in [6.07, 6.45) is 0.571. The molecule has 0 aromatic heterocycles. The average molecular weight is 224 g/mol. The fourth-order valence-electron chi connectivity index (χ4n) is 2.27. The number of benzene rings is 2. The fraction of sp³-hybridized carbons (Fsp3) is 0.0714. The van der Waals surface area contributed by atoms with Crippen LogP contribution in [0.1, 0.15) is 11.7 Å². The first-order valence-electron chi connectivity index (χ1n) is 5.55. The van der Waals surface area contributed by atoms with E-state index in [-0.39, 0.29) is 6.17 Å². The van der Waals surface area contributed by atoms with E-state index >= 15 is 0 Å². The minimum Gasteiger partial charge on any atom is -0.361 e. The number of fused-ring (bicyclic) bond motifs is 3. The predicted octanol–water partition coefficient (Wildman–Crippen LogP) is 2.52. The number of anilines is 1. The summed E-state index contributed by atoms with van der Waals surface area (Å²) in [5.41, 5.74) is 4.48. The van der Waals surface area contributed by atoms with Gasteiger partial charge in [0.15, 0.2) is 0 Å². The van der Waals surface area contributed by atoms with Gasteiger partial charge in [-0.05, 0) is 11.6 Å².